The van der Waals surface area contributed by atoms with E-state index >= 15 is 0 Å². The third-order valence-electron chi connectivity index (χ3n) is 2.95. The van der Waals surface area contributed by atoms with E-state index in [0.29, 0.717) is 19.7 Å². The lowest BCUT2D eigenvalue weighted by molar-refractivity contribution is -0.345. The van der Waals surface area contributed by atoms with Crippen LogP contribution in [0.15, 0.2) is 0 Å². The minimum Gasteiger partial charge on any atom is -0.384 e. The van der Waals surface area contributed by atoms with Gasteiger partial charge in [-0.25, -0.2) is 0 Å². The largest absolute Gasteiger partial charge is 0.522 e. The van der Waals surface area contributed by atoms with E-state index in [1.165, 1.54) is 0 Å². The van der Waals surface area contributed by atoms with Crippen molar-refractivity contribution < 1.29 is 27.8 Å². The average molecular weight is 294 g/mol. The normalized spacial score (nSPS) is 24.5. The summed E-state index contributed by atoms with van der Waals surface area (Å²) in [7, 11) is 0. The minimum absolute atomic E-state index is 0. The van der Waals surface area contributed by atoms with Crippen molar-refractivity contribution >= 4 is 12.4 Å². The number of hydrogen-bond donors (Lipinski definition) is 2. The molecule has 0 bridgehead atoms. The van der Waals surface area contributed by atoms with Gasteiger partial charge in [0.15, 0.2) is 0 Å². The first-order valence-electron chi connectivity index (χ1n) is 5.51. The Bertz CT molecular complexity index is 247. The summed E-state index contributed by atoms with van der Waals surface area (Å²) in [5.41, 5.74) is -1.65. The molecule has 0 radical (unpaired) electrons. The summed E-state index contributed by atoms with van der Waals surface area (Å²) >= 11 is 0. The van der Waals surface area contributed by atoms with Crippen LogP contribution in [0.25, 0.3) is 0 Å². The quantitative estimate of drug-likeness (QED) is 0.821. The summed E-state index contributed by atoms with van der Waals surface area (Å²) in [6.45, 7) is 3.77. The standard InChI is InChI=1S/C10H18F3NO3.ClH/c1-7(2)9(15,6-17-10(11,12)13)8-5-14-3-4-16-8;/h7-8,14-15H,3-6H2,1-2H3;1H. The molecule has 0 amide bonds. The Kier molecular flexibility index (Phi) is 6.87. The van der Waals surface area contributed by atoms with Crippen LogP contribution in [0.4, 0.5) is 13.2 Å². The molecule has 1 rings (SSSR count). The van der Waals surface area contributed by atoms with E-state index in [1.54, 1.807) is 13.8 Å². The monoisotopic (exact) mass is 293 g/mol. The molecular formula is C10H19ClF3NO3. The molecule has 8 heteroatoms. The van der Waals surface area contributed by atoms with E-state index in [2.05, 4.69) is 10.1 Å². The van der Waals surface area contributed by atoms with Crippen molar-refractivity contribution in [2.75, 3.05) is 26.3 Å². The van der Waals surface area contributed by atoms with Gasteiger partial charge in [0.05, 0.1) is 13.2 Å². The first-order chi connectivity index (χ1) is 7.76. The van der Waals surface area contributed by atoms with Gasteiger partial charge in [0.25, 0.3) is 0 Å². The molecule has 4 nitrogen and oxygen atoms in total. The van der Waals surface area contributed by atoms with Crippen molar-refractivity contribution in [1.29, 1.82) is 0 Å². The van der Waals surface area contributed by atoms with Gasteiger partial charge < -0.3 is 15.2 Å². The molecule has 1 aliphatic heterocycles. The predicted octanol–water partition coefficient (Wildman–Crippen LogP) is 1.32. The second-order valence-corrected chi connectivity index (χ2v) is 4.44. The number of morpholine rings is 1. The van der Waals surface area contributed by atoms with Crippen LogP contribution in [-0.4, -0.2) is 49.5 Å². The van der Waals surface area contributed by atoms with E-state index in [-0.39, 0.29) is 12.4 Å². The lowest BCUT2D eigenvalue weighted by Gasteiger charge is -2.41. The van der Waals surface area contributed by atoms with Crippen LogP contribution in [0, 0.1) is 5.92 Å². The highest BCUT2D eigenvalue weighted by molar-refractivity contribution is 5.85. The van der Waals surface area contributed by atoms with Crippen molar-refractivity contribution in [3.8, 4) is 0 Å². The Balaban J connectivity index is 0.00000289. The summed E-state index contributed by atoms with van der Waals surface area (Å²) in [6.07, 6.45) is -5.44. The van der Waals surface area contributed by atoms with Crippen LogP contribution in [0.5, 0.6) is 0 Å². The highest BCUT2D eigenvalue weighted by Gasteiger charge is 2.45. The lowest BCUT2D eigenvalue weighted by Crippen LogP contribution is -2.58. The maximum atomic E-state index is 12.0. The second-order valence-electron chi connectivity index (χ2n) is 4.44. The fourth-order valence-electron chi connectivity index (χ4n) is 1.72. The first-order valence-corrected chi connectivity index (χ1v) is 5.51. The summed E-state index contributed by atoms with van der Waals surface area (Å²) in [6, 6.07) is 0. The molecule has 2 N–H and O–H groups in total. The Hall–Kier alpha value is -0.0800. The van der Waals surface area contributed by atoms with Gasteiger partial charge in [-0.1, -0.05) is 13.8 Å². The van der Waals surface area contributed by atoms with E-state index in [4.69, 9.17) is 4.74 Å². The Labute approximate surface area is 110 Å². The molecule has 0 saturated carbocycles. The number of ether oxygens (including phenoxy) is 2. The molecule has 2 atom stereocenters. The van der Waals surface area contributed by atoms with Crippen molar-refractivity contribution in [2.45, 2.75) is 31.9 Å². The maximum Gasteiger partial charge on any atom is 0.522 e. The van der Waals surface area contributed by atoms with Gasteiger partial charge in [0.2, 0.25) is 0 Å². The molecule has 0 spiro atoms. The molecule has 0 aliphatic carbocycles. The number of halogens is 4. The molecule has 1 heterocycles. The molecule has 0 aromatic rings. The molecule has 1 aliphatic rings. The van der Waals surface area contributed by atoms with Crippen molar-refractivity contribution in [3.63, 3.8) is 0 Å². The van der Waals surface area contributed by atoms with Crippen LogP contribution >= 0.6 is 12.4 Å². The zero-order valence-electron chi connectivity index (χ0n) is 10.3. The zero-order valence-corrected chi connectivity index (χ0v) is 11.1. The van der Waals surface area contributed by atoms with Gasteiger partial charge in [-0.3, -0.25) is 4.74 Å². The Morgan fingerprint density at radius 3 is 2.44 bits per heavy atom. The van der Waals surface area contributed by atoms with E-state index in [1.807, 2.05) is 0 Å². The van der Waals surface area contributed by atoms with Gasteiger partial charge in [-0.2, -0.15) is 0 Å². The molecule has 0 aromatic carbocycles. The topological polar surface area (TPSA) is 50.7 Å². The fraction of sp³-hybridized carbons (Fsp3) is 1.00. The summed E-state index contributed by atoms with van der Waals surface area (Å²) in [5, 5.41) is 13.3. The molecule has 18 heavy (non-hydrogen) atoms. The summed E-state index contributed by atoms with van der Waals surface area (Å²) in [4.78, 5) is 0. The fourth-order valence-corrected chi connectivity index (χ4v) is 1.72. The maximum absolute atomic E-state index is 12.0. The van der Waals surface area contributed by atoms with Gasteiger partial charge >= 0.3 is 6.36 Å². The first kappa shape index (κ1) is 17.9. The van der Waals surface area contributed by atoms with Crippen molar-refractivity contribution in [2.24, 2.45) is 5.92 Å². The summed E-state index contributed by atoms with van der Waals surface area (Å²) < 4.78 is 45.1. The van der Waals surface area contributed by atoms with Gasteiger partial charge in [-0.15, -0.1) is 25.6 Å². The van der Waals surface area contributed by atoms with E-state index < -0.39 is 30.6 Å². The van der Waals surface area contributed by atoms with Gasteiger partial charge in [0.1, 0.15) is 11.7 Å². The predicted molar refractivity (Wildman–Crippen MR) is 61.7 cm³/mol. The molecular weight excluding hydrogens is 275 g/mol. The van der Waals surface area contributed by atoms with E-state index in [0.717, 1.165) is 0 Å². The zero-order chi connectivity index (χ0) is 13.1. The average Bonchev–Trinajstić information content (AvgIpc) is 2.26. The number of aliphatic hydroxyl groups is 1. The molecule has 2 unspecified atom stereocenters. The van der Waals surface area contributed by atoms with Crippen molar-refractivity contribution in [3.05, 3.63) is 0 Å². The minimum atomic E-state index is -4.75. The van der Waals surface area contributed by atoms with E-state index in [9.17, 15) is 18.3 Å². The second kappa shape index (κ2) is 6.91. The van der Waals surface area contributed by atoms with Crippen LogP contribution in [0.2, 0.25) is 0 Å². The smallest absolute Gasteiger partial charge is 0.384 e. The third kappa shape index (κ3) is 4.89. The third-order valence-corrected chi connectivity index (χ3v) is 2.95. The summed E-state index contributed by atoms with van der Waals surface area (Å²) in [5.74, 6) is -0.408. The van der Waals surface area contributed by atoms with Crippen LogP contribution in [0.1, 0.15) is 13.8 Å². The SMILES string of the molecule is CC(C)C(O)(COC(F)(F)F)C1CNCCO1.Cl. The lowest BCUT2D eigenvalue weighted by atomic mass is 9.85. The number of alkyl halides is 3. The van der Waals surface area contributed by atoms with Crippen molar-refractivity contribution in [1.82, 2.24) is 5.32 Å². The van der Waals surface area contributed by atoms with Gasteiger partial charge in [-0.05, 0) is 5.92 Å². The Morgan fingerprint density at radius 1 is 1.44 bits per heavy atom. The molecule has 0 aromatic heterocycles. The number of hydrogen-bond acceptors (Lipinski definition) is 4. The highest BCUT2D eigenvalue weighted by Crippen LogP contribution is 2.28. The van der Waals surface area contributed by atoms with Crippen LogP contribution in [0.3, 0.4) is 0 Å². The molecule has 1 fully saturated rings. The highest BCUT2D eigenvalue weighted by atomic mass is 35.5. The number of nitrogens with one attached hydrogen (secondary N) is 1. The Morgan fingerprint density at radius 2 is 2.06 bits per heavy atom. The van der Waals surface area contributed by atoms with Crippen LogP contribution < -0.4 is 5.32 Å². The van der Waals surface area contributed by atoms with Gasteiger partial charge in [0, 0.05) is 13.1 Å². The molecule has 110 valence electrons. The molecule has 1 saturated heterocycles. The number of rotatable bonds is 4. The van der Waals surface area contributed by atoms with Crippen LogP contribution in [-0.2, 0) is 9.47 Å².